The van der Waals surface area contributed by atoms with Crippen LogP contribution in [0.25, 0.3) is 0 Å². The van der Waals surface area contributed by atoms with Gasteiger partial charge in [0.1, 0.15) is 0 Å². The number of nitrogens with one attached hydrogen (secondary N) is 2. The highest BCUT2D eigenvalue weighted by Gasteiger charge is 2.29. The van der Waals surface area contributed by atoms with Crippen molar-refractivity contribution >= 4 is 41.5 Å². The first kappa shape index (κ1) is 25.0. The molecule has 2 aromatic carbocycles. The second kappa shape index (κ2) is 12.5. The summed E-state index contributed by atoms with van der Waals surface area (Å²) in [6, 6.07) is 18.8. The van der Waals surface area contributed by atoms with Gasteiger partial charge in [-0.25, -0.2) is 0 Å². The summed E-state index contributed by atoms with van der Waals surface area (Å²) in [6.07, 6.45) is 1.51. The van der Waals surface area contributed by atoms with E-state index in [2.05, 4.69) is 56.9 Å². The standard InChI is InChI=1S/C24H33N5O.HI/c1-25-24(26-16-20-9-11-22(12-10-20)28(2)3)27-17-21-15-23(30)29(18-21)14-13-19-7-5-4-6-8-19;/h4-12,21H,13-18H2,1-3H3,(H2,25,26,27);1H. The van der Waals surface area contributed by atoms with Gasteiger partial charge in [0.25, 0.3) is 0 Å². The van der Waals surface area contributed by atoms with Gasteiger partial charge in [-0.15, -0.1) is 24.0 Å². The maximum atomic E-state index is 12.4. The number of likely N-dealkylation sites (tertiary alicyclic amines) is 1. The Balaban J connectivity index is 0.00000341. The third kappa shape index (κ3) is 7.72. The number of halogens is 1. The normalized spacial score (nSPS) is 16.1. The molecule has 168 valence electrons. The first-order valence-corrected chi connectivity index (χ1v) is 10.6. The lowest BCUT2D eigenvalue weighted by atomic mass is 10.1. The highest BCUT2D eigenvalue weighted by Crippen LogP contribution is 2.17. The first-order chi connectivity index (χ1) is 14.5. The van der Waals surface area contributed by atoms with Crippen molar-refractivity contribution in [2.75, 3.05) is 45.7 Å². The van der Waals surface area contributed by atoms with Gasteiger partial charge in [-0.05, 0) is 29.7 Å². The molecule has 0 aliphatic carbocycles. The number of carbonyl (C=O) groups excluding carboxylic acids is 1. The number of benzene rings is 2. The van der Waals surface area contributed by atoms with Crippen LogP contribution in [-0.2, 0) is 17.8 Å². The molecule has 3 rings (SSSR count). The van der Waals surface area contributed by atoms with Crippen LogP contribution in [0.5, 0.6) is 0 Å². The monoisotopic (exact) mass is 535 g/mol. The van der Waals surface area contributed by atoms with Crippen LogP contribution in [0, 0.1) is 5.92 Å². The molecule has 1 heterocycles. The van der Waals surface area contributed by atoms with Gasteiger partial charge < -0.3 is 20.4 Å². The Labute approximate surface area is 203 Å². The van der Waals surface area contributed by atoms with Crippen LogP contribution in [0.15, 0.2) is 59.6 Å². The van der Waals surface area contributed by atoms with Gasteiger partial charge in [0.2, 0.25) is 5.91 Å². The molecule has 0 bridgehead atoms. The average Bonchev–Trinajstić information content (AvgIpc) is 3.13. The van der Waals surface area contributed by atoms with Crippen LogP contribution < -0.4 is 15.5 Å². The molecule has 1 amide bonds. The van der Waals surface area contributed by atoms with Crippen LogP contribution in [-0.4, -0.2) is 57.5 Å². The Hall–Kier alpha value is -2.29. The lowest BCUT2D eigenvalue weighted by molar-refractivity contribution is -0.127. The minimum Gasteiger partial charge on any atom is -0.378 e. The van der Waals surface area contributed by atoms with E-state index in [0.717, 1.165) is 32.0 Å². The molecule has 1 unspecified atom stereocenters. The van der Waals surface area contributed by atoms with Crippen molar-refractivity contribution in [3.05, 3.63) is 65.7 Å². The molecule has 2 N–H and O–H groups in total. The van der Waals surface area contributed by atoms with Crippen molar-refractivity contribution in [2.45, 2.75) is 19.4 Å². The quantitative estimate of drug-likeness (QED) is 0.310. The second-order valence-electron chi connectivity index (χ2n) is 8.01. The van der Waals surface area contributed by atoms with E-state index in [9.17, 15) is 4.79 Å². The summed E-state index contributed by atoms with van der Waals surface area (Å²) in [6.45, 7) is 3.05. The zero-order valence-electron chi connectivity index (χ0n) is 18.7. The maximum absolute atomic E-state index is 12.4. The minimum absolute atomic E-state index is 0. The number of amides is 1. The smallest absolute Gasteiger partial charge is 0.223 e. The lowest BCUT2D eigenvalue weighted by Gasteiger charge is -2.18. The van der Waals surface area contributed by atoms with Gasteiger partial charge in [0.15, 0.2) is 5.96 Å². The lowest BCUT2D eigenvalue weighted by Crippen LogP contribution is -2.40. The van der Waals surface area contributed by atoms with E-state index < -0.39 is 0 Å². The molecule has 1 atom stereocenters. The maximum Gasteiger partial charge on any atom is 0.223 e. The molecule has 2 aromatic rings. The number of aliphatic imine (C=N–C) groups is 1. The van der Waals surface area contributed by atoms with Crippen LogP contribution >= 0.6 is 24.0 Å². The topological polar surface area (TPSA) is 60.0 Å². The Kier molecular flexibility index (Phi) is 10.1. The molecule has 1 saturated heterocycles. The Morgan fingerprint density at radius 3 is 2.42 bits per heavy atom. The fraction of sp³-hybridized carbons (Fsp3) is 0.417. The minimum atomic E-state index is 0. The van der Waals surface area contributed by atoms with E-state index in [1.165, 1.54) is 16.8 Å². The molecular formula is C24H34IN5O. The summed E-state index contributed by atoms with van der Waals surface area (Å²) in [5, 5.41) is 6.73. The number of guanidine groups is 1. The van der Waals surface area contributed by atoms with E-state index in [1.54, 1.807) is 7.05 Å². The van der Waals surface area contributed by atoms with E-state index in [4.69, 9.17) is 0 Å². The first-order valence-electron chi connectivity index (χ1n) is 10.6. The number of hydrogen-bond acceptors (Lipinski definition) is 3. The zero-order chi connectivity index (χ0) is 21.3. The van der Waals surface area contributed by atoms with Gasteiger partial charge in [0, 0.05) is 65.3 Å². The van der Waals surface area contributed by atoms with Crippen molar-refractivity contribution in [1.29, 1.82) is 0 Å². The van der Waals surface area contributed by atoms with Gasteiger partial charge in [0.05, 0.1) is 0 Å². The average molecular weight is 535 g/mol. The Bertz CT molecular complexity index is 839. The van der Waals surface area contributed by atoms with E-state index >= 15 is 0 Å². The van der Waals surface area contributed by atoms with E-state index in [1.807, 2.05) is 37.2 Å². The number of hydrogen-bond donors (Lipinski definition) is 2. The van der Waals surface area contributed by atoms with Gasteiger partial charge in [-0.2, -0.15) is 0 Å². The van der Waals surface area contributed by atoms with Crippen LogP contribution in [0.3, 0.4) is 0 Å². The van der Waals surface area contributed by atoms with E-state index in [0.29, 0.717) is 18.9 Å². The summed E-state index contributed by atoms with van der Waals surface area (Å²) >= 11 is 0. The summed E-state index contributed by atoms with van der Waals surface area (Å²) in [5.74, 6) is 1.33. The summed E-state index contributed by atoms with van der Waals surface area (Å²) in [5.41, 5.74) is 3.66. The van der Waals surface area contributed by atoms with Crippen molar-refractivity contribution < 1.29 is 4.79 Å². The molecule has 7 heteroatoms. The predicted octanol–water partition coefficient (Wildman–Crippen LogP) is 3.13. The molecule has 0 saturated carbocycles. The third-order valence-electron chi connectivity index (χ3n) is 5.50. The third-order valence-corrected chi connectivity index (χ3v) is 5.50. The Morgan fingerprint density at radius 2 is 1.77 bits per heavy atom. The molecule has 0 spiro atoms. The SMILES string of the molecule is CN=C(NCc1ccc(N(C)C)cc1)NCC1CC(=O)N(CCc2ccccc2)C1.I. The van der Waals surface area contributed by atoms with Gasteiger partial charge in [-0.1, -0.05) is 42.5 Å². The highest BCUT2D eigenvalue weighted by molar-refractivity contribution is 14.0. The van der Waals surface area contributed by atoms with Gasteiger partial charge in [-0.3, -0.25) is 9.79 Å². The van der Waals surface area contributed by atoms with Crippen LogP contribution in [0.4, 0.5) is 5.69 Å². The number of rotatable bonds is 8. The summed E-state index contributed by atoms with van der Waals surface area (Å²) < 4.78 is 0. The summed E-state index contributed by atoms with van der Waals surface area (Å²) in [7, 11) is 5.85. The molecule has 1 aliphatic rings. The highest BCUT2D eigenvalue weighted by atomic mass is 127. The largest absolute Gasteiger partial charge is 0.378 e. The number of carbonyl (C=O) groups is 1. The molecule has 1 aliphatic heterocycles. The van der Waals surface area contributed by atoms with Gasteiger partial charge >= 0.3 is 0 Å². The number of nitrogens with zero attached hydrogens (tertiary/aromatic N) is 3. The van der Waals surface area contributed by atoms with Crippen molar-refractivity contribution in [2.24, 2.45) is 10.9 Å². The van der Waals surface area contributed by atoms with Crippen molar-refractivity contribution in [3.63, 3.8) is 0 Å². The zero-order valence-corrected chi connectivity index (χ0v) is 21.0. The molecule has 1 fully saturated rings. The fourth-order valence-corrected chi connectivity index (χ4v) is 3.67. The molecule has 6 nitrogen and oxygen atoms in total. The molecule has 31 heavy (non-hydrogen) atoms. The van der Waals surface area contributed by atoms with E-state index in [-0.39, 0.29) is 29.9 Å². The summed E-state index contributed by atoms with van der Waals surface area (Å²) in [4.78, 5) is 20.7. The molecule has 0 radical (unpaired) electrons. The fourth-order valence-electron chi connectivity index (χ4n) is 3.67. The second-order valence-corrected chi connectivity index (χ2v) is 8.01. The number of anilines is 1. The Morgan fingerprint density at radius 1 is 1.06 bits per heavy atom. The molecular weight excluding hydrogens is 501 g/mol. The van der Waals surface area contributed by atoms with Crippen LogP contribution in [0.1, 0.15) is 17.5 Å². The van der Waals surface area contributed by atoms with Crippen LogP contribution in [0.2, 0.25) is 0 Å². The molecule has 0 aromatic heterocycles. The van der Waals surface area contributed by atoms with Crippen molar-refractivity contribution in [3.8, 4) is 0 Å². The predicted molar refractivity (Wildman–Crippen MR) is 139 cm³/mol. The van der Waals surface area contributed by atoms with Crippen molar-refractivity contribution in [1.82, 2.24) is 15.5 Å².